The summed E-state index contributed by atoms with van der Waals surface area (Å²) in [5.74, 6) is 0.0230. The van der Waals surface area contributed by atoms with Gasteiger partial charge in [-0.15, -0.1) is 0 Å². The molecule has 246 valence electrons. The number of benzene rings is 2. The number of fused-ring (bicyclic) bond motifs is 1. The van der Waals surface area contributed by atoms with Crippen LogP contribution in [0.3, 0.4) is 0 Å². The fourth-order valence-electron chi connectivity index (χ4n) is 7.61. The SMILES string of the molecule is Bc1cc(C[C@@H](OC(=O)N2CCC(N3CCc4ccccc4NC3=O)CC2)C(=O)N2CCC(N3CC[C@@H](O)C3)CC2)cc(C)c1O. The lowest BCUT2D eigenvalue weighted by molar-refractivity contribution is -0.142. The summed E-state index contributed by atoms with van der Waals surface area (Å²) in [4.78, 5) is 48.2. The van der Waals surface area contributed by atoms with Crippen LogP contribution in [0.5, 0.6) is 5.75 Å². The van der Waals surface area contributed by atoms with Crippen LogP contribution in [-0.2, 0) is 22.4 Å². The van der Waals surface area contributed by atoms with Crippen LogP contribution in [0, 0.1) is 6.92 Å². The molecule has 0 aromatic heterocycles. The van der Waals surface area contributed by atoms with Crippen LogP contribution < -0.4 is 10.8 Å². The lowest BCUT2D eigenvalue weighted by Gasteiger charge is -2.39. The van der Waals surface area contributed by atoms with Crippen molar-refractivity contribution in [1.82, 2.24) is 19.6 Å². The molecule has 3 N–H and O–H groups in total. The largest absolute Gasteiger partial charge is 0.508 e. The quantitative estimate of drug-likeness (QED) is 0.414. The van der Waals surface area contributed by atoms with Crippen LogP contribution in [0.15, 0.2) is 36.4 Å². The smallest absolute Gasteiger partial charge is 0.410 e. The summed E-state index contributed by atoms with van der Waals surface area (Å²) in [6.45, 7) is 6.03. The van der Waals surface area contributed by atoms with Crippen LogP contribution in [0.25, 0.3) is 0 Å². The fraction of sp³-hybridized carbons (Fsp3) is 0.559. The second-order valence-corrected chi connectivity index (χ2v) is 13.4. The van der Waals surface area contributed by atoms with Gasteiger partial charge < -0.3 is 35.0 Å². The minimum Gasteiger partial charge on any atom is -0.508 e. The number of carbonyl (C=O) groups is 3. The minimum atomic E-state index is -0.992. The zero-order chi connectivity index (χ0) is 32.4. The molecule has 11 nitrogen and oxygen atoms in total. The number of carbonyl (C=O) groups excluding carboxylic acids is 3. The monoisotopic (exact) mass is 631 g/mol. The van der Waals surface area contributed by atoms with E-state index in [9.17, 15) is 24.6 Å². The number of ether oxygens (including phenoxy) is 1. The topological polar surface area (TPSA) is 126 Å². The number of rotatable bonds is 6. The van der Waals surface area contributed by atoms with Gasteiger partial charge in [0.15, 0.2) is 6.10 Å². The third kappa shape index (κ3) is 7.13. The summed E-state index contributed by atoms with van der Waals surface area (Å²) in [5.41, 5.74) is 4.22. The third-order valence-electron chi connectivity index (χ3n) is 10.3. The number of piperidine rings is 2. The van der Waals surface area contributed by atoms with Crippen molar-refractivity contribution in [3.8, 4) is 5.75 Å². The number of nitrogens with zero attached hydrogens (tertiary/aromatic N) is 4. The Hall–Kier alpha value is -3.77. The number of amides is 4. The molecule has 0 aliphatic carbocycles. The molecular formula is C34H46BN5O6. The maximum atomic E-state index is 13.9. The van der Waals surface area contributed by atoms with Gasteiger partial charge in [-0.3, -0.25) is 9.69 Å². The predicted octanol–water partition coefficient (Wildman–Crippen LogP) is 1.62. The number of urea groups is 1. The average molecular weight is 632 g/mol. The van der Waals surface area contributed by atoms with Crippen LogP contribution in [0.1, 0.15) is 48.8 Å². The maximum absolute atomic E-state index is 13.9. The van der Waals surface area contributed by atoms with Gasteiger partial charge in [0.2, 0.25) is 0 Å². The van der Waals surface area contributed by atoms with Crippen molar-refractivity contribution in [3.05, 3.63) is 53.1 Å². The van der Waals surface area contributed by atoms with E-state index >= 15 is 0 Å². The Balaban J connectivity index is 1.09. The van der Waals surface area contributed by atoms with E-state index in [1.807, 2.05) is 61.0 Å². The van der Waals surface area contributed by atoms with Crippen molar-refractivity contribution >= 4 is 37.0 Å². The van der Waals surface area contributed by atoms with E-state index in [4.69, 9.17) is 4.74 Å². The van der Waals surface area contributed by atoms with Crippen LogP contribution in [0.4, 0.5) is 15.3 Å². The second-order valence-electron chi connectivity index (χ2n) is 13.4. The number of nitrogens with one attached hydrogen (secondary N) is 1. The number of aromatic hydroxyl groups is 1. The van der Waals surface area contributed by atoms with Crippen molar-refractivity contribution in [2.24, 2.45) is 0 Å². The van der Waals surface area contributed by atoms with Crippen LogP contribution in [0.2, 0.25) is 0 Å². The van der Waals surface area contributed by atoms with Gasteiger partial charge >= 0.3 is 12.1 Å². The van der Waals surface area contributed by atoms with Gasteiger partial charge in [-0.2, -0.15) is 0 Å². The molecule has 46 heavy (non-hydrogen) atoms. The Morgan fingerprint density at radius 3 is 2.37 bits per heavy atom. The highest BCUT2D eigenvalue weighted by atomic mass is 16.6. The van der Waals surface area contributed by atoms with Crippen LogP contribution in [-0.4, -0.2) is 126 Å². The number of phenolic OH excluding ortho intramolecular Hbond substituents is 1. The normalized spacial score (nSPS) is 22.3. The number of aliphatic hydroxyl groups is 1. The summed E-state index contributed by atoms with van der Waals surface area (Å²) >= 11 is 0. The molecule has 3 saturated heterocycles. The number of hydrogen-bond donors (Lipinski definition) is 3. The molecule has 0 saturated carbocycles. The predicted molar refractivity (Wildman–Crippen MR) is 177 cm³/mol. The van der Waals surface area contributed by atoms with E-state index < -0.39 is 12.2 Å². The van der Waals surface area contributed by atoms with Crippen molar-refractivity contribution in [1.29, 1.82) is 0 Å². The van der Waals surface area contributed by atoms with Gasteiger partial charge in [0.1, 0.15) is 13.6 Å². The number of aliphatic hydroxyl groups excluding tert-OH is 1. The fourth-order valence-corrected chi connectivity index (χ4v) is 7.61. The number of β-amino-alcohol motifs (C(OH)–C–C–N with tert-alkyl or cyclic N) is 1. The molecule has 4 aliphatic rings. The number of anilines is 1. The molecule has 0 spiro atoms. The number of phenols is 1. The summed E-state index contributed by atoms with van der Waals surface area (Å²) in [6, 6.07) is 11.8. The van der Waals surface area contributed by atoms with Gasteiger partial charge in [0, 0.05) is 70.0 Å². The van der Waals surface area contributed by atoms with E-state index in [-0.39, 0.29) is 36.3 Å². The molecule has 2 aromatic carbocycles. The highest BCUT2D eigenvalue weighted by Crippen LogP contribution is 2.26. The first kappa shape index (κ1) is 32.2. The second kappa shape index (κ2) is 13.9. The van der Waals surface area contributed by atoms with E-state index in [2.05, 4.69) is 10.2 Å². The van der Waals surface area contributed by atoms with E-state index in [0.717, 1.165) is 49.0 Å². The summed E-state index contributed by atoms with van der Waals surface area (Å²) < 4.78 is 6.02. The standard InChI is InChI=1S/C34H46BN5O6/c1-22-18-23(19-28(35)31(22)42)20-30(32(43)37-12-7-25(8-13-37)39-16-11-27(41)21-39)46-34(45)38-14-9-26(10-15-38)40-17-6-24-4-2-3-5-29(24)36-33(40)44/h2-5,18-19,25-27,30,41-42H,6-17,20-21,35H2,1H3,(H,36,44)/t27-,30-/m1/s1. The molecule has 6 rings (SSSR count). The third-order valence-corrected chi connectivity index (χ3v) is 10.3. The first-order valence-electron chi connectivity index (χ1n) is 16.8. The molecule has 4 amide bonds. The zero-order valence-corrected chi connectivity index (χ0v) is 27.0. The van der Waals surface area contributed by atoms with Crippen molar-refractivity contribution in [3.63, 3.8) is 0 Å². The van der Waals surface area contributed by atoms with Gasteiger partial charge in [0.25, 0.3) is 5.91 Å². The summed E-state index contributed by atoms with van der Waals surface area (Å²) in [5, 5.41) is 23.3. The van der Waals surface area contributed by atoms with Gasteiger partial charge in [-0.05, 0) is 73.7 Å². The van der Waals surface area contributed by atoms with Crippen LogP contribution >= 0.6 is 0 Å². The lowest BCUT2D eigenvalue weighted by atomic mass is 9.89. The number of hydrogen-bond acceptors (Lipinski definition) is 7. The zero-order valence-electron chi connectivity index (χ0n) is 27.0. The molecule has 0 radical (unpaired) electrons. The first-order chi connectivity index (χ1) is 22.2. The summed E-state index contributed by atoms with van der Waals surface area (Å²) in [6.07, 6.45) is 2.90. The van der Waals surface area contributed by atoms with E-state index in [0.29, 0.717) is 69.2 Å². The van der Waals surface area contributed by atoms with E-state index in [1.54, 1.807) is 4.90 Å². The lowest BCUT2D eigenvalue weighted by Crippen LogP contribution is -2.52. The molecule has 4 heterocycles. The minimum absolute atomic E-state index is 0.0109. The van der Waals surface area contributed by atoms with Crippen molar-refractivity contribution < 1.29 is 29.3 Å². The Bertz CT molecular complexity index is 1420. The Morgan fingerprint density at radius 2 is 1.67 bits per heavy atom. The van der Waals surface area contributed by atoms with Gasteiger partial charge in [0.05, 0.1) is 6.10 Å². The van der Waals surface area contributed by atoms with Gasteiger partial charge in [-0.25, -0.2) is 9.59 Å². The molecule has 0 bridgehead atoms. The molecule has 2 atom stereocenters. The number of para-hydroxylation sites is 1. The molecule has 2 aromatic rings. The highest BCUT2D eigenvalue weighted by Gasteiger charge is 2.37. The maximum Gasteiger partial charge on any atom is 0.410 e. The van der Waals surface area contributed by atoms with E-state index in [1.165, 1.54) is 0 Å². The molecule has 3 fully saturated rings. The highest BCUT2D eigenvalue weighted by molar-refractivity contribution is 6.34. The first-order valence-corrected chi connectivity index (χ1v) is 16.8. The van der Waals surface area contributed by atoms with Gasteiger partial charge in [-0.1, -0.05) is 30.3 Å². The van der Waals surface area contributed by atoms with Crippen molar-refractivity contribution in [2.75, 3.05) is 51.1 Å². The average Bonchev–Trinajstić information content (AvgIpc) is 3.42. The van der Waals surface area contributed by atoms with Crippen molar-refractivity contribution in [2.45, 2.75) is 76.2 Å². The molecule has 4 aliphatic heterocycles. The Kier molecular flexibility index (Phi) is 9.74. The number of aryl methyl sites for hydroxylation is 1. The Labute approximate surface area is 271 Å². The molecule has 12 heteroatoms. The number of likely N-dealkylation sites (tertiary alicyclic amines) is 3. The Morgan fingerprint density at radius 1 is 0.978 bits per heavy atom. The molecular weight excluding hydrogens is 585 g/mol. The summed E-state index contributed by atoms with van der Waals surface area (Å²) in [7, 11) is 1.82. The molecule has 0 unspecified atom stereocenters.